The molecular formula is C13H26BrNO2. The van der Waals surface area contributed by atoms with Crippen molar-refractivity contribution in [3.05, 3.63) is 12.2 Å². The second-order valence-corrected chi connectivity index (χ2v) is 5.21. The summed E-state index contributed by atoms with van der Waals surface area (Å²) >= 11 is 0. The molecule has 17 heavy (non-hydrogen) atoms. The van der Waals surface area contributed by atoms with Crippen LogP contribution in [0.3, 0.4) is 0 Å². The van der Waals surface area contributed by atoms with Gasteiger partial charge in [0.1, 0.15) is 13.2 Å². The monoisotopic (exact) mass is 307 g/mol. The van der Waals surface area contributed by atoms with Crippen LogP contribution in [0.25, 0.3) is 0 Å². The Morgan fingerprint density at radius 2 is 1.82 bits per heavy atom. The van der Waals surface area contributed by atoms with E-state index >= 15 is 0 Å². The molecule has 0 aliphatic rings. The molecule has 0 aromatic carbocycles. The van der Waals surface area contributed by atoms with Crippen molar-refractivity contribution in [3.8, 4) is 0 Å². The molecule has 0 spiro atoms. The highest BCUT2D eigenvalue weighted by Crippen LogP contribution is 2.08. The van der Waals surface area contributed by atoms with Crippen LogP contribution < -0.4 is 17.0 Å². The first-order valence-electron chi connectivity index (χ1n) is 6.02. The Labute approximate surface area is 116 Å². The van der Waals surface area contributed by atoms with Crippen LogP contribution in [0.2, 0.25) is 0 Å². The lowest BCUT2D eigenvalue weighted by Crippen LogP contribution is -3.00. The van der Waals surface area contributed by atoms with Gasteiger partial charge in [-0.1, -0.05) is 26.3 Å². The maximum Gasteiger partial charge on any atom is 0.333 e. The van der Waals surface area contributed by atoms with Gasteiger partial charge in [0.05, 0.1) is 21.1 Å². The Hall–Kier alpha value is -0.350. The third-order valence-electron chi connectivity index (χ3n) is 2.37. The summed E-state index contributed by atoms with van der Waals surface area (Å²) in [5.41, 5.74) is 0.606. The summed E-state index contributed by atoms with van der Waals surface area (Å²) in [5, 5.41) is 0. The van der Waals surface area contributed by atoms with Gasteiger partial charge < -0.3 is 26.2 Å². The average molecular weight is 308 g/mol. The normalized spacial score (nSPS) is 10.6. The highest BCUT2D eigenvalue weighted by molar-refractivity contribution is 5.87. The number of quaternary nitrogens is 1. The summed E-state index contributed by atoms with van der Waals surface area (Å²) in [6.07, 6.45) is 4.09. The Morgan fingerprint density at radius 1 is 1.24 bits per heavy atom. The minimum Gasteiger partial charge on any atom is -1.00 e. The number of halogens is 1. The fraction of sp³-hybridized carbons (Fsp3) is 0.769. The highest BCUT2D eigenvalue weighted by Gasteiger charge is 2.11. The minimum absolute atomic E-state index is 0. The molecule has 0 rings (SSSR count). The number of carbonyl (C=O) groups is 1. The van der Waals surface area contributed by atoms with Gasteiger partial charge in [0.2, 0.25) is 0 Å². The van der Waals surface area contributed by atoms with Gasteiger partial charge in [-0.05, 0) is 12.8 Å². The second-order valence-electron chi connectivity index (χ2n) is 5.21. The third kappa shape index (κ3) is 11.9. The van der Waals surface area contributed by atoms with E-state index < -0.39 is 0 Å². The summed E-state index contributed by atoms with van der Waals surface area (Å²) in [6, 6.07) is 0. The molecule has 102 valence electrons. The summed E-state index contributed by atoms with van der Waals surface area (Å²) < 4.78 is 5.96. The summed E-state index contributed by atoms with van der Waals surface area (Å²) in [4.78, 5) is 11.5. The molecule has 0 aromatic rings. The van der Waals surface area contributed by atoms with Crippen LogP contribution in [-0.2, 0) is 9.53 Å². The van der Waals surface area contributed by atoms with E-state index in [4.69, 9.17) is 4.74 Å². The Bertz CT molecular complexity index is 234. The SMILES string of the molecule is C=C(CCCCC)C(=O)OCC[N+](C)(C)C.[Br-]. The summed E-state index contributed by atoms with van der Waals surface area (Å²) in [7, 11) is 6.22. The zero-order valence-electron chi connectivity index (χ0n) is 11.6. The fourth-order valence-electron chi connectivity index (χ4n) is 1.20. The molecule has 0 N–H and O–H groups in total. The van der Waals surface area contributed by atoms with E-state index in [-0.39, 0.29) is 23.0 Å². The van der Waals surface area contributed by atoms with Gasteiger partial charge in [-0.3, -0.25) is 0 Å². The molecule has 0 radical (unpaired) electrons. The number of rotatable bonds is 8. The number of likely N-dealkylation sites (N-methyl/N-ethyl adjacent to an activating group) is 1. The number of nitrogens with zero attached hydrogens (tertiary/aromatic N) is 1. The minimum atomic E-state index is -0.232. The van der Waals surface area contributed by atoms with Crippen molar-refractivity contribution in [1.29, 1.82) is 0 Å². The molecule has 0 saturated carbocycles. The molecule has 0 unspecified atom stereocenters. The van der Waals surface area contributed by atoms with Crippen molar-refractivity contribution in [2.75, 3.05) is 34.3 Å². The van der Waals surface area contributed by atoms with Crippen molar-refractivity contribution in [3.63, 3.8) is 0 Å². The largest absolute Gasteiger partial charge is 1.00 e. The van der Waals surface area contributed by atoms with Crippen LogP contribution in [0.4, 0.5) is 0 Å². The van der Waals surface area contributed by atoms with E-state index in [1.165, 1.54) is 0 Å². The molecule has 0 atom stereocenters. The van der Waals surface area contributed by atoms with E-state index in [0.717, 1.165) is 36.7 Å². The second kappa shape index (κ2) is 9.66. The molecule has 0 aliphatic carbocycles. The third-order valence-corrected chi connectivity index (χ3v) is 2.37. The number of ether oxygens (including phenoxy) is 1. The molecule has 0 fully saturated rings. The van der Waals surface area contributed by atoms with E-state index in [1.54, 1.807) is 0 Å². The van der Waals surface area contributed by atoms with Crippen LogP contribution in [-0.4, -0.2) is 44.7 Å². The highest BCUT2D eigenvalue weighted by atomic mass is 79.9. The number of hydrogen-bond donors (Lipinski definition) is 0. The standard InChI is InChI=1S/C13H26NO2.BrH/c1-6-7-8-9-12(2)13(15)16-11-10-14(3,4)5;/h2,6-11H2,1,3-5H3;1H/q+1;/p-1. The molecule has 0 heterocycles. The molecule has 0 bridgehead atoms. The lowest BCUT2D eigenvalue weighted by atomic mass is 10.1. The number of carbonyl (C=O) groups excluding carboxylic acids is 1. The molecule has 3 nitrogen and oxygen atoms in total. The quantitative estimate of drug-likeness (QED) is 0.258. The van der Waals surface area contributed by atoms with Crippen molar-refractivity contribution in [1.82, 2.24) is 0 Å². The lowest BCUT2D eigenvalue weighted by molar-refractivity contribution is -0.870. The molecule has 4 heteroatoms. The lowest BCUT2D eigenvalue weighted by Gasteiger charge is -2.23. The first-order valence-corrected chi connectivity index (χ1v) is 6.02. The first kappa shape index (κ1) is 19.0. The summed E-state index contributed by atoms with van der Waals surface area (Å²) in [6.45, 7) is 7.20. The fourth-order valence-corrected chi connectivity index (χ4v) is 1.20. The predicted molar refractivity (Wildman–Crippen MR) is 67.1 cm³/mol. The van der Waals surface area contributed by atoms with E-state index in [9.17, 15) is 4.79 Å². The van der Waals surface area contributed by atoms with E-state index in [2.05, 4.69) is 34.6 Å². The van der Waals surface area contributed by atoms with Crippen molar-refractivity contribution in [2.24, 2.45) is 0 Å². The van der Waals surface area contributed by atoms with Crippen LogP contribution >= 0.6 is 0 Å². The van der Waals surface area contributed by atoms with Crippen molar-refractivity contribution in [2.45, 2.75) is 32.6 Å². The molecule has 0 saturated heterocycles. The van der Waals surface area contributed by atoms with Gasteiger partial charge in [0, 0.05) is 5.57 Å². The number of esters is 1. The van der Waals surface area contributed by atoms with E-state index in [0.29, 0.717) is 12.2 Å². The number of hydrogen-bond acceptors (Lipinski definition) is 2. The van der Waals surface area contributed by atoms with Crippen molar-refractivity contribution >= 4 is 5.97 Å². The van der Waals surface area contributed by atoms with Crippen LogP contribution in [0.15, 0.2) is 12.2 Å². The van der Waals surface area contributed by atoms with Crippen molar-refractivity contribution < 1.29 is 31.0 Å². The van der Waals surface area contributed by atoms with Crippen LogP contribution in [0, 0.1) is 0 Å². The van der Waals surface area contributed by atoms with E-state index in [1.807, 2.05) is 0 Å². The molecule has 0 amide bonds. The predicted octanol–water partition coefficient (Wildman–Crippen LogP) is -0.624. The molecule has 0 aromatic heterocycles. The summed E-state index contributed by atoms with van der Waals surface area (Å²) in [5.74, 6) is -0.232. The maximum atomic E-state index is 11.5. The van der Waals surface area contributed by atoms with Crippen LogP contribution in [0.5, 0.6) is 0 Å². The van der Waals surface area contributed by atoms with Gasteiger partial charge in [0.25, 0.3) is 0 Å². The van der Waals surface area contributed by atoms with Gasteiger partial charge in [-0.15, -0.1) is 0 Å². The van der Waals surface area contributed by atoms with Gasteiger partial charge in [-0.25, -0.2) is 4.79 Å². The Kier molecular flexibility index (Phi) is 10.8. The zero-order chi connectivity index (χ0) is 12.6. The van der Waals surface area contributed by atoms with Crippen LogP contribution in [0.1, 0.15) is 32.6 Å². The maximum absolute atomic E-state index is 11.5. The average Bonchev–Trinajstić information content (AvgIpc) is 2.15. The Balaban J connectivity index is 0. The zero-order valence-corrected chi connectivity index (χ0v) is 13.2. The van der Waals surface area contributed by atoms with Gasteiger partial charge in [-0.2, -0.15) is 0 Å². The van der Waals surface area contributed by atoms with Gasteiger partial charge in [0.15, 0.2) is 0 Å². The smallest absolute Gasteiger partial charge is 0.333 e. The first-order chi connectivity index (χ1) is 7.37. The Morgan fingerprint density at radius 3 is 2.29 bits per heavy atom. The number of unbranched alkanes of at least 4 members (excludes halogenated alkanes) is 2. The topological polar surface area (TPSA) is 26.3 Å². The van der Waals surface area contributed by atoms with Gasteiger partial charge >= 0.3 is 5.97 Å². The molecular weight excluding hydrogens is 282 g/mol. The molecule has 0 aliphatic heterocycles.